The zero-order chi connectivity index (χ0) is 19.8. The lowest BCUT2D eigenvalue weighted by atomic mass is 9.98. The summed E-state index contributed by atoms with van der Waals surface area (Å²) < 4.78 is 13.2. The van der Waals surface area contributed by atoms with Crippen molar-refractivity contribution in [3.05, 3.63) is 88.9 Å². The van der Waals surface area contributed by atoms with Crippen molar-refractivity contribution in [2.24, 2.45) is 5.10 Å². The van der Waals surface area contributed by atoms with Crippen LogP contribution in [-0.4, -0.2) is 22.3 Å². The van der Waals surface area contributed by atoms with E-state index in [1.54, 1.807) is 18.2 Å². The molecule has 5 nitrogen and oxygen atoms in total. The third kappa shape index (κ3) is 3.18. The van der Waals surface area contributed by atoms with Crippen LogP contribution in [0.1, 0.15) is 27.2 Å². The van der Waals surface area contributed by atoms with Crippen LogP contribution in [-0.2, 0) is 12.8 Å². The van der Waals surface area contributed by atoms with E-state index in [0.29, 0.717) is 17.0 Å². The first-order valence-corrected chi connectivity index (χ1v) is 9.37. The van der Waals surface area contributed by atoms with Gasteiger partial charge in [-0.25, -0.2) is 9.82 Å². The Kier molecular flexibility index (Phi) is 4.17. The first-order valence-electron chi connectivity index (χ1n) is 9.37. The van der Waals surface area contributed by atoms with Crippen molar-refractivity contribution in [1.29, 1.82) is 0 Å². The normalized spacial score (nSPS) is 12.7. The van der Waals surface area contributed by atoms with E-state index in [2.05, 4.69) is 51.1 Å². The first kappa shape index (κ1) is 17.3. The van der Waals surface area contributed by atoms with Crippen molar-refractivity contribution >= 4 is 22.9 Å². The smallest absolute Gasteiger partial charge is 0.272 e. The van der Waals surface area contributed by atoms with Gasteiger partial charge in [-0.3, -0.25) is 9.89 Å². The van der Waals surface area contributed by atoms with Crippen LogP contribution in [0.5, 0.6) is 0 Å². The number of nitrogens with one attached hydrogen (secondary N) is 2. The van der Waals surface area contributed by atoms with Gasteiger partial charge in [0.2, 0.25) is 0 Å². The molecule has 0 aliphatic heterocycles. The van der Waals surface area contributed by atoms with Crippen LogP contribution in [0.2, 0.25) is 0 Å². The second kappa shape index (κ2) is 6.98. The number of carbonyl (C=O) groups is 1. The van der Waals surface area contributed by atoms with Gasteiger partial charge in [0, 0.05) is 5.56 Å². The molecule has 0 radical (unpaired) electrons. The molecule has 4 aromatic rings. The number of benzene rings is 3. The SMILES string of the molecule is O=C(N/N=C/c1cccc(F)c1)c1cc(-c2ccc3c4c(cccc24)CC3)n[nH]1. The van der Waals surface area contributed by atoms with Crippen molar-refractivity contribution < 1.29 is 9.18 Å². The number of nitrogens with zero attached hydrogens (tertiary/aromatic N) is 2. The molecule has 0 saturated heterocycles. The largest absolute Gasteiger partial charge is 0.289 e. The molecule has 0 bridgehead atoms. The maximum absolute atomic E-state index is 13.2. The number of hydrogen-bond donors (Lipinski definition) is 2. The predicted molar refractivity (Wildman–Crippen MR) is 110 cm³/mol. The summed E-state index contributed by atoms with van der Waals surface area (Å²) >= 11 is 0. The molecule has 2 N–H and O–H groups in total. The highest BCUT2D eigenvalue weighted by atomic mass is 19.1. The van der Waals surface area contributed by atoms with Crippen LogP contribution in [0.15, 0.2) is 65.8 Å². The van der Waals surface area contributed by atoms with Gasteiger partial charge in [-0.15, -0.1) is 0 Å². The fraction of sp³-hybridized carbons (Fsp3) is 0.0870. The van der Waals surface area contributed by atoms with Crippen molar-refractivity contribution in [2.75, 3.05) is 0 Å². The number of hydrogen-bond acceptors (Lipinski definition) is 3. The topological polar surface area (TPSA) is 70.1 Å². The molecule has 5 rings (SSSR count). The Labute approximate surface area is 166 Å². The number of hydrazone groups is 1. The summed E-state index contributed by atoms with van der Waals surface area (Å²) in [5, 5.41) is 13.4. The molecular weight excluding hydrogens is 367 g/mol. The summed E-state index contributed by atoms with van der Waals surface area (Å²) in [5.41, 5.74) is 7.72. The van der Waals surface area contributed by atoms with Crippen molar-refractivity contribution in [2.45, 2.75) is 12.8 Å². The molecule has 1 aliphatic rings. The number of aromatic amines is 1. The van der Waals surface area contributed by atoms with Crippen LogP contribution in [0, 0.1) is 5.82 Å². The molecule has 142 valence electrons. The third-order valence-corrected chi connectivity index (χ3v) is 5.20. The van der Waals surface area contributed by atoms with E-state index >= 15 is 0 Å². The van der Waals surface area contributed by atoms with Gasteiger partial charge in [0.05, 0.1) is 11.9 Å². The summed E-state index contributed by atoms with van der Waals surface area (Å²) in [6.45, 7) is 0. The molecule has 0 unspecified atom stereocenters. The molecule has 0 atom stereocenters. The van der Waals surface area contributed by atoms with Crippen LogP contribution in [0.25, 0.3) is 22.0 Å². The maximum Gasteiger partial charge on any atom is 0.289 e. The molecule has 1 heterocycles. The second-order valence-corrected chi connectivity index (χ2v) is 7.03. The van der Waals surface area contributed by atoms with E-state index in [4.69, 9.17) is 0 Å². The highest BCUT2D eigenvalue weighted by molar-refractivity contribution is 6.02. The van der Waals surface area contributed by atoms with Crippen LogP contribution in [0.3, 0.4) is 0 Å². The summed E-state index contributed by atoms with van der Waals surface area (Å²) in [7, 11) is 0. The Bertz CT molecular complexity index is 1260. The van der Waals surface area contributed by atoms with Gasteiger partial charge >= 0.3 is 0 Å². The lowest BCUT2D eigenvalue weighted by molar-refractivity contribution is 0.0950. The van der Waals surface area contributed by atoms with Gasteiger partial charge < -0.3 is 0 Å². The average molecular weight is 384 g/mol. The van der Waals surface area contributed by atoms with Gasteiger partial charge in [0.15, 0.2) is 0 Å². The van der Waals surface area contributed by atoms with E-state index in [0.717, 1.165) is 23.8 Å². The predicted octanol–water partition coefficient (Wildman–Crippen LogP) is 4.23. The standard InChI is InChI=1S/C23H17FN4O/c24-17-5-1-3-14(11-17)13-25-28-23(29)21-12-20(26-27-21)18-10-9-16-8-7-15-4-2-6-19(18)22(15)16/h1-6,9-13H,7-8H2,(H,26,27)(H,28,29)/b25-13+. The zero-order valence-electron chi connectivity index (χ0n) is 15.4. The molecule has 1 aromatic heterocycles. The fourth-order valence-corrected chi connectivity index (χ4v) is 3.86. The summed E-state index contributed by atoms with van der Waals surface area (Å²) in [6, 6.07) is 18.2. The van der Waals surface area contributed by atoms with Gasteiger partial charge in [-0.05, 0) is 58.5 Å². The highest BCUT2D eigenvalue weighted by Gasteiger charge is 2.18. The monoisotopic (exact) mass is 384 g/mol. The second-order valence-electron chi connectivity index (χ2n) is 7.03. The van der Waals surface area contributed by atoms with Crippen LogP contribution in [0.4, 0.5) is 4.39 Å². The molecule has 0 fully saturated rings. The molecular formula is C23H17FN4O. The number of carbonyl (C=O) groups excluding carboxylic acids is 1. The summed E-state index contributed by atoms with van der Waals surface area (Å²) in [6.07, 6.45) is 3.52. The minimum absolute atomic E-state index is 0.305. The van der Waals surface area contributed by atoms with Gasteiger partial charge in [0.25, 0.3) is 5.91 Å². The quantitative estimate of drug-likeness (QED) is 0.408. The van der Waals surface area contributed by atoms with E-state index in [9.17, 15) is 9.18 Å². The average Bonchev–Trinajstić information content (AvgIpc) is 3.37. The van der Waals surface area contributed by atoms with Crippen molar-refractivity contribution in [3.8, 4) is 11.3 Å². The van der Waals surface area contributed by atoms with Gasteiger partial charge in [-0.2, -0.15) is 10.2 Å². The van der Waals surface area contributed by atoms with Crippen molar-refractivity contribution in [3.63, 3.8) is 0 Å². The Hall–Kier alpha value is -3.80. The minimum atomic E-state index is -0.415. The molecule has 1 amide bonds. The lowest BCUT2D eigenvalue weighted by Gasteiger charge is -2.06. The number of halogens is 1. The minimum Gasteiger partial charge on any atom is -0.272 e. The van der Waals surface area contributed by atoms with Gasteiger partial charge in [0.1, 0.15) is 11.5 Å². The Morgan fingerprint density at radius 1 is 1.07 bits per heavy atom. The van der Waals surface area contributed by atoms with Crippen LogP contribution < -0.4 is 5.43 Å². The van der Waals surface area contributed by atoms with Crippen LogP contribution >= 0.6 is 0 Å². The molecule has 29 heavy (non-hydrogen) atoms. The number of aromatic nitrogens is 2. The third-order valence-electron chi connectivity index (χ3n) is 5.20. The highest BCUT2D eigenvalue weighted by Crippen LogP contribution is 2.36. The van der Waals surface area contributed by atoms with Crippen molar-refractivity contribution in [1.82, 2.24) is 15.6 Å². The molecule has 1 aliphatic carbocycles. The Morgan fingerprint density at radius 3 is 2.76 bits per heavy atom. The number of amides is 1. The number of aryl methyl sites for hydroxylation is 2. The fourth-order valence-electron chi connectivity index (χ4n) is 3.86. The molecule has 6 heteroatoms. The van der Waals surface area contributed by atoms with E-state index in [1.807, 2.05) is 0 Å². The molecule has 3 aromatic carbocycles. The summed E-state index contributed by atoms with van der Waals surface area (Å²) in [4.78, 5) is 12.4. The van der Waals surface area contributed by atoms with E-state index in [1.165, 1.54) is 34.9 Å². The van der Waals surface area contributed by atoms with E-state index in [-0.39, 0.29) is 5.82 Å². The number of rotatable bonds is 4. The van der Waals surface area contributed by atoms with Gasteiger partial charge in [-0.1, -0.05) is 42.5 Å². The molecule has 0 spiro atoms. The maximum atomic E-state index is 13.2. The lowest BCUT2D eigenvalue weighted by Crippen LogP contribution is -2.18. The van der Waals surface area contributed by atoms with E-state index < -0.39 is 5.91 Å². The first-order chi connectivity index (χ1) is 14.2. The number of H-pyrrole nitrogens is 1. The Balaban J connectivity index is 1.39. The Morgan fingerprint density at radius 2 is 1.90 bits per heavy atom. The zero-order valence-corrected chi connectivity index (χ0v) is 15.4. The summed E-state index contributed by atoms with van der Waals surface area (Å²) in [5.74, 6) is -0.772. The molecule has 0 saturated carbocycles.